The van der Waals surface area contributed by atoms with Crippen LogP contribution in [0.25, 0.3) is 10.9 Å². The van der Waals surface area contributed by atoms with E-state index in [4.69, 9.17) is 11.6 Å². The quantitative estimate of drug-likeness (QED) is 0.424. The molecular weight excluding hydrogens is 460 g/mol. The molecule has 0 atom stereocenters. The minimum Gasteiger partial charge on any atom is -0.322 e. The SMILES string of the molecule is CC(C)Cn1c(SCC(=O)N2c3ccccc3NC(=O)C2(C)C)nc2ccc(Cl)cc2c1=O. The van der Waals surface area contributed by atoms with Crippen molar-refractivity contribution in [3.05, 3.63) is 57.8 Å². The van der Waals surface area contributed by atoms with Crippen molar-refractivity contribution in [2.24, 2.45) is 5.92 Å². The molecule has 2 amide bonds. The van der Waals surface area contributed by atoms with E-state index >= 15 is 0 Å². The first kappa shape index (κ1) is 23.3. The minimum absolute atomic E-state index is 0.0225. The molecule has 2 heterocycles. The van der Waals surface area contributed by atoms with Crippen molar-refractivity contribution >= 4 is 57.5 Å². The summed E-state index contributed by atoms with van der Waals surface area (Å²) in [6.07, 6.45) is 0. The second-order valence-corrected chi connectivity index (χ2v) is 10.3. The number of para-hydroxylation sites is 2. The van der Waals surface area contributed by atoms with Crippen molar-refractivity contribution in [2.75, 3.05) is 16.0 Å². The molecule has 4 rings (SSSR count). The third kappa shape index (κ3) is 4.37. The van der Waals surface area contributed by atoms with Gasteiger partial charge in [-0.2, -0.15) is 0 Å². The Kier molecular flexibility index (Phi) is 6.24. The van der Waals surface area contributed by atoms with Crippen LogP contribution in [0.5, 0.6) is 0 Å². The molecule has 0 aliphatic carbocycles. The molecule has 2 aromatic carbocycles. The Morgan fingerprint density at radius 3 is 2.64 bits per heavy atom. The number of fused-ring (bicyclic) bond motifs is 2. The maximum absolute atomic E-state index is 13.4. The number of nitrogens with one attached hydrogen (secondary N) is 1. The number of aromatic nitrogens is 2. The molecule has 0 spiro atoms. The van der Waals surface area contributed by atoms with Gasteiger partial charge in [0.2, 0.25) is 11.8 Å². The third-order valence-corrected chi connectivity index (χ3v) is 6.71. The average Bonchev–Trinajstić information content (AvgIpc) is 2.75. The van der Waals surface area contributed by atoms with Gasteiger partial charge in [-0.05, 0) is 50.1 Å². The number of benzene rings is 2. The zero-order chi connectivity index (χ0) is 23.9. The van der Waals surface area contributed by atoms with E-state index in [1.807, 2.05) is 32.0 Å². The van der Waals surface area contributed by atoms with E-state index in [0.29, 0.717) is 39.0 Å². The van der Waals surface area contributed by atoms with E-state index in [9.17, 15) is 14.4 Å². The highest BCUT2D eigenvalue weighted by atomic mass is 35.5. The van der Waals surface area contributed by atoms with Crippen LogP contribution in [0.15, 0.2) is 52.4 Å². The van der Waals surface area contributed by atoms with Crippen molar-refractivity contribution in [1.82, 2.24) is 9.55 Å². The lowest BCUT2D eigenvalue weighted by atomic mass is 9.96. The van der Waals surface area contributed by atoms with Gasteiger partial charge in [0.05, 0.1) is 28.0 Å². The summed E-state index contributed by atoms with van der Waals surface area (Å²) in [4.78, 5) is 45.5. The molecule has 172 valence electrons. The maximum Gasteiger partial charge on any atom is 0.262 e. The van der Waals surface area contributed by atoms with E-state index in [-0.39, 0.29) is 29.0 Å². The topological polar surface area (TPSA) is 84.3 Å². The van der Waals surface area contributed by atoms with Crippen molar-refractivity contribution < 1.29 is 9.59 Å². The number of carbonyl (C=O) groups is 2. The molecule has 3 aromatic rings. The summed E-state index contributed by atoms with van der Waals surface area (Å²) >= 11 is 7.29. The fraction of sp³-hybridized carbons (Fsp3) is 0.333. The monoisotopic (exact) mass is 484 g/mol. The summed E-state index contributed by atoms with van der Waals surface area (Å²) in [6, 6.07) is 12.2. The van der Waals surface area contributed by atoms with Crippen LogP contribution >= 0.6 is 23.4 Å². The van der Waals surface area contributed by atoms with Crippen molar-refractivity contribution in [1.29, 1.82) is 0 Å². The second-order valence-electron chi connectivity index (χ2n) is 8.91. The maximum atomic E-state index is 13.4. The second kappa shape index (κ2) is 8.83. The molecule has 33 heavy (non-hydrogen) atoms. The number of amides is 2. The van der Waals surface area contributed by atoms with Crippen molar-refractivity contribution in [3.8, 4) is 0 Å². The molecule has 7 nitrogen and oxygen atoms in total. The van der Waals surface area contributed by atoms with Crippen LogP contribution in [0.2, 0.25) is 5.02 Å². The largest absolute Gasteiger partial charge is 0.322 e. The first-order valence-electron chi connectivity index (χ1n) is 10.7. The van der Waals surface area contributed by atoms with E-state index in [1.165, 1.54) is 16.7 Å². The van der Waals surface area contributed by atoms with Crippen LogP contribution in [0.3, 0.4) is 0 Å². The Bertz CT molecular complexity index is 1320. The van der Waals surface area contributed by atoms with Gasteiger partial charge in [-0.1, -0.05) is 49.3 Å². The first-order chi connectivity index (χ1) is 15.6. The lowest BCUT2D eigenvalue weighted by Gasteiger charge is -2.42. The van der Waals surface area contributed by atoms with Crippen LogP contribution in [0, 0.1) is 5.92 Å². The lowest BCUT2D eigenvalue weighted by Crippen LogP contribution is -2.59. The van der Waals surface area contributed by atoms with Gasteiger partial charge >= 0.3 is 0 Å². The van der Waals surface area contributed by atoms with Gasteiger partial charge < -0.3 is 5.32 Å². The van der Waals surface area contributed by atoms with Crippen LogP contribution < -0.4 is 15.8 Å². The molecule has 1 aromatic heterocycles. The lowest BCUT2D eigenvalue weighted by molar-refractivity contribution is -0.125. The fourth-order valence-corrected chi connectivity index (χ4v) is 4.93. The van der Waals surface area contributed by atoms with E-state index in [1.54, 1.807) is 42.7 Å². The summed E-state index contributed by atoms with van der Waals surface area (Å²) in [5.41, 5.74) is 0.527. The van der Waals surface area contributed by atoms with Gasteiger partial charge in [0.15, 0.2) is 5.16 Å². The molecule has 0 saturated carbocycles. The molecule has 9 heteroatoms. The zero-order valence-electron chi connectivity index (χ0n) is 18.9. The molecule has 1 N–H and O–H groups in total. The summed E-state index contributed by atoms with van der Waals surface area (Å²) in [5.74, 6) is -0.270. The standard InChI is InChI=1S/C24H25ClN4O3S/c1-14(2)12-28-21(31)16-11-15(25)9-10-17(16)27-23(28)33-13-20(30)29-19-8-6-5-7-18(19)26-22(32)24(29,3)4/h5-11,14H,12-13H2,1-4H3,(H,26,32). The van der Waals surface area contributed by atoms with Crippen LogP contribution in [-0.2, 0) is 16.1 Å². The normalized spacial score (nSPS) is 15.0. The molecule has 0 saturated heterocycles. The summed E-state index contributed by atoms with van der Waals surface area (Å²) in [7, 11) is 0. The molecule has 0 radical (unpaired) electrons. The van der Waals surface area contributed by atoms with E-state index in [2.05, 4.69) is 10.3 Å². The predicted octanol–water partition coefficient (Wildman–Crippen LogP) is 4.56. The highest BCUT2D eigenvalue weighted by Gasteiger charge is 2.43. The number of anilines is 2. The Balaban J connectivity index is 1.70. The number of thioether (sulfide) groups is 1. The van der Waals surface area contributed by atoms with Gasteiger partial charge in [0.1, 0.15) is 5.54 Å². The highest BCUT2D eigenvalue weighted by molar-refractivity contribution is 7.99. The van der Waals surface area contributed by atoms with E-state index in [0.717, 1.165) is 0 Å². The van der Waals surface area contributed by atoms with E-state index < -0.39 is 5.54 Å². The van der Waals surface area contributed by atoms with Gasteiger partial charge in [-0.25, -0.2) is 4.98 Å². The molecule has 0 unspecified atom stereocenters. The minimum atomic E-state index is -1.06. The van der Waals surface area contributed by atoms with Crippen LogP contribution in [0.1, 0.15) is 27.7 Å². The summed E-state index contributed by atoms with van der Waals surface area (Å²) in [5, 5.41) is 4.24. The summed E-state index contributed by atoms with van der Waals surface area (Å²) < 4.78 is 1.60. The number of carbonyl (C=O) groups excluding carboxylic acids is 2. The number of hydrogen-bond donors (Lipinski definition) is 1. The van der Waals surface area contributed by atoms with Crippen molar-refractivity contribution in [2.45, 2.75) is 44.9 Å². The van der Waals surface area contributed by atoms with Gasteiger partial charge in [-0.3, -0.25) is 23.9 Å². The molecule has 1 aliphatic heterocycles. The van der Waals surface area contributed by atoms with Crippen LogP contribution in [0.4, 0.5) is 11.4 Å². The average molecular weight is 485 g/mol. The number of rotatable bonds is 5. The molecule has 1 aliphatic rings. The Labute approximate surface area is 201 Å². The van der Waals surface area contributed by atoms with Gasteiger partial charge in [-0.15, -0.1) is 0 Å². The van der Waals surface area contributed by atoms with Crippen molar-refractivity contribution in [3.63, 3.8) is 0 Å². The smallest absolute Gasteiger partial charge is 0.262 e. The molecule has 0 bridgehead atoms. The first-order valence-corrected chi connectivity index (χ1v) is 12.0. The number of halogens is 1. The Morgan fingerprint density at radius 2 is 1.91 bits per heavy atom. The fourth-order valence-electron chi connectivity index (χ4n) is 3.90. The Morgan fingerprint density at radius 1 is 1.18 bits per heavy atom. The Hall–Kier alpha value is -2.84. The summed E-state index contributed by atoms with van der Waals surface area (Å²) in [6.45, 7) is 7.92. The van der Waals surface area contributed by atoms with Gasteiger partial charge in [0, 0.05) is 11.6 Å². The van der Waals surface area contributed by atoms with Gasteiger partial charge in [0.25, 0.3) is 5.56 Å². The predicted molar refractivity (Wildman–Crippen MR) is 133 cm³/mol. The number of nitrogens with zero attached hydrogens (tertiary/aromatic N) is 3. The molecular formula is C24H25ClN4O3S. The zero-order valence-corrected chi connectivity index (χ0v) is 20.5. The number of hydrogen-bond acceptors (Lipinski definition) is 5. The third-order valence-electron chi connectivity index (χ3n) is 5.51. The van der Waals surface area contributed by atoms with Crippen LogP contribution in [-0.4, -0.2) is 32.7 Å². The molecule has 0 fully saturated rings. The highest BCUT2D eigenvalue weighted by Crippen LogP contribution is 2.37.